The van der Waals surface area contributed by atoms with Crippen molar-refractivity contribution in [1.29, 1.82) is 5.26 Å². The van der Waals surface area contributed by atoms with Crippen LogP contribution in [0, 0.1) is 11.3 Å². The average molecular weight is 194 g/mol. The van der Waals surface area contributed by atoms with Crippen LogP contribution in [0.15, 0.2) is 0 Å². The number of nitrogens with two attached hydrogens (primary N) is 2. The van der Waals surface area contributed by atoms with E-state index in [1.807, 2.05) is 25.1 Å². The molecule has 0 spiro atoms. The summed E-state index contributed by atoms with van der Waals surface area (Å²) in [5.41, 5.74) is 11.5. The molecule has 6 nitrogen and oxygen atoms in total. The molecule has 1 aromatic heterocycles. The van der Waals surface area contributed by atoms with Crippen LogP contribution in [0.25, 0.3) is 0 Å². The zero-order valence-electron chi connectivity index (χ0n) is 8.36. The Kier molecular flexibility index (Phi) is 2.94. The second-order valence-corrected chi connectivity index (χ2v) is 3.28. The second-order valence-electron chi connectivity index (χ2n) is 3.28. The van der Waals surface area contributed by atoms with Crippen molar-refractivity contribution in [2.24, 2.45) is 0 Å². The van der Waals surface area contributed by atoms with Crippen LogP contribution < -0.4 is 11.5 Å². The molecule has 0 radical (unpaired) electrons. The van der Waals surface area contributed by atoms with Crippen molar-refractivity contribution in [3.05, 3.63) is 5.56 Å². The normalized spacial score (nSPS) is 10.4. The SMILES string of the molecule is CN(C)CCn1nc(N)c(C#N)c1N. The van der Waals surface area contributed by atoms with Gasteiger partial charge in [0.05, 0.1) is 6.54 Å². The summed E-state index contributed by atoms with van der Waals surface area (Å²) in [5.74, 6) is 0.538. The molecule has 76 valence electrons. The third kappa shape index (κ3) is 1.95. The Morgan fingerprint density at radius 3 is 2.57 bits per heavy atom. The molecule has 0 bridgehead atoms. The zero-order valence-corrected chi connectivity index (χ0v) is 8.36. The summed E-state index contributed by atoms with van der Waals surface area (Å²) in [7, 11) is 3.91. The maximum absolute atomic E-state index is 8.72. The van der Waals surface area contributed by atoms with Crippen LogP contribution in [0.4, 0.5) is 11.6 Å². The van der Waals surface area contributed by atoms with Crippen LogP contribution in [-0.4, -0.2) is 35.3 Å². The summed E-state index contributed by atoms with van der Waals surface area (Å²) in [6.45, 7) is 1.43. The van der Waals surface area contributed by atoms with E-state index in [0.29, 0.717) is 12.4 Å². The Morgan fingerprint density at radius 1 is 1.50 bits per heavy atom. The van der Waals surface area contributed by atoms with Crippen molar-refractivity contribution >= 4 is 11.6 Å². The summed E-state index contributed by atoms with van der Waals surface area (Å²) in [5, 5.41) is 12.7. The first-order valence-corrected chi connectivity index (χ1v) is 4.23. The molecular formula is C8H14N6. The van der Waals surface area contributed by atoms with Gasteiger partial charge in [0.2, 0.25) is 0 Å². The second kappa shape index (κ2) is 3.98. The molecule has 0 atom stereocenters. The van der Waals surface area contributed by atoms with Gasteiger partial charge in [-0.15, -0.1) is 0 Å². The van der Waals surface area contributed by atoms with Gasteiger partial charge in [-0.1, -0.05) is 0 Å². The Morgan fingerprint density at radius 2 is 2.14 bits per heavy atom. The lowest BCUT2D eigenvalue weighted by molar-refractivity contribution is 0.375. The predicted octanol–water partition coefficient (Wildman–Crippen LogP) is -0.519. The maximum Gasteiger partial charge on any atom is 0.165 e. The summed E-state index contributed by atoms with van der Waals surface area (Å²) in [6.07, 6.45) is 0. The lowest BCUT2D eigenvalue weighted by Crippen LogP contribution is -2.20. The Labute approximate surface area is 82.7 Å². The van der Waals surface area contributed by atoms with Gasteiger partial charge in [0, 0.05) is 6.54 Å². The molecule has 0 aliphatic rings. The molecule has 0 amide bonds. The molecule has 0 aliphatic carbocycles. The van der Waals surface area contributed by atoms with E-state index in [2.05, 4.69) is 5.10 Å². The predicted molar refractivity (Wildman–Crippen MR) is 54.3 cm³/mol. The van der Waals surface area contributed by atoms with Crippen molar-refractivity contribution in [2.45, 2.75) is 6.54 Å². The van der Waals surface area contributed by atoms with Gasteiger partial charge in [0.1, 0.15) is 17.5 Å². The van der Waals surface area contributed by atoms with Crippen molar-refractivity contribution in [1.82, 2.24) is 14.7 Å². The van der Waals surface area contributed by atoms with Crippen LogP contribution in [0.5, 0.6) is 0 Å². The lowest BCUT2D eigenvalue weighted by Gasteiger charge is -2.09. The summed E-state index contributed by atoms with van der Waals surface area (Å²) in [4.78, 5) is 2.00. The molecule has 14 heavy (non-hydrogen) atoms. The van der Waals surface area contributed by atoms with Crippen molar-refractivity contribution in [2.75, 3.05) is 32.1 Å². The largest absolute Gasteiger partial charge is 0.383 e. The zero-order chi connectivity index (χ0) is 10.7. The smallest absolute Gasteiger partial charge is 0.165 e. The summed E-state index contributed by atoms with van der Waals surface area (Å²) < 4.78 is 1.55. The molecule has 0 unspecified atom stereocenters. The number of rotatable bonds is 3. The van der Waals surface area contributed by atoms with Crippen LogP contribution in [0.3, 0.4) is 0 Å². The minimum Gasteiger partial charge on any atom is -0.383 e. The van der Waals surface area contributed by atoms with E-state index in [4.69, 9.17) is 16.7 Å². The first-order valence-electron chi connectivity index (χ1n) is 4.23. The third-order valence-corrected chi connectivity index (χ3v) is 1.89. The average Bonchev–Trinajstić information content (AvgIpc) is 2.38. The minimum atomic E-state index is 0.198. The van der Waals surface area contributed by atoms with Crippen LogP contribution >= 0.6 is 0 Å². The van der Waals surface area contributed by atoms with Gasteiger partial charge in [-0.2, -0.15) is 10.4 Å². The topological polar surface area (TPSA) is 96.9 Å². The highest BCUT2D eigenvalue weighted by atomic mass is 15.3. The third-order valence-electron chi connectivity index (χ3n) is 1.89. The maximum atomic E-state index is 8.72. The molecular weight excluding hydrogens is 180 g/mol. The van der Waals surface area contributed by atoms with Gasteiger partial charge in [0.25, 0.3) is 0 Å². The number of anilines is 2. The highest BCUT2D eigenvalue weighted by Gasteiger charge is 2.11. The fraction of sp³-hybridized carbons (Fsp3) is 0.500. The van der Waals surface area contributed by atoms with Crippen LogP contribution in [0.1, 0.15) is 5.56 Å². The van der Waals surface area contributed by atoms with Gasteiger partial charge < -0.3 is 16.4 Å². The van der Waals surface area contributed by atoms with E-state index in [-0.39, 0.29) is 11.4 Å². The molecule has 1 aromatic rings. The molecule has 0 saturated carbocycles. The van der Waals surface area contributed by atoms with Crippen LogP contribution in [0.2, 0.25) is 0 Å². The fourth-order valence-electron chi connectivity index (χ4n) is 1.07. The van der Waals surface area contributed by atoms with Gasteiger partial charge in [-0.05, 0) is 14.1 Å². The minimum absolute atomic E-state index is 0.198. The Balaban J connectivity index is 2.85. The highest BCUT2D eigenvalue weighted by molar-refractivity contribution is 5.61. The molecule has 1 heterocycles. The molecule has 1 rings (SSSR count). The fourth-order valence-corrected chi connectivity index (χ4v) is 1.07. The number of aromatic nitrogens is 2. The first-order chi connectivity index (χ1) is 6.56. The van der Waals surface area contributed by atoms with E-state index in [1.165, 1.54) is 0 Å². The van der Waals surface area contributed by atoms with Crippen molar-refractivity contribution in [3.8, 4) is 6.07 Å². The highest BCUT2D eigenvalue weighted by Crippen LogP contribution is 2.16. The lowest BCUT2D eigenvalue weighted by atomic mass is 10.3. The number of hydrogen-bond acceptors (Lipinski definition) is 5. The van der Waals surface area contributed by atoms with E-state index in [1.54, 1.807) is 4.68 Å². The van der Waals surface area contributed by atoms with Gasteiger partial charge in [-0.3, -0.25) is 0 Å². The van der Waals surface area contributed by atoms with Crippen molar-refractivity contribution in [3.63, 3.8) is 0 Å². The number of nitriles is 1. The van der Waals surface area contributed by atoms with Crippen molar-refractivity contribution < 1.29 is 0 Å². The monoisotopic (exact) mass is 194 g/mol. The van der Waals surface area contributed by atoms with Crippen LogP contribution in [-0.2, 0) is 6.54 Å². The van der Waals surface area contributed by atoms with Gasteiger partial charge in [-0.25, -0.2) is 4.68 Å². The van der Waals surface area contributed by atoms with E-state index < -0.39 is 0 Å². The van der Waals surface area contributed by atoms with E-state index in [0.717, 1.165) is 6.54 Å². The van der Waals surface area contributed by atoms with Gasteiger partial charge >= 0.3 is 0 Å². The first kappa shape index (κ1) is 10.3. The standard InChI is InChI=1S/C8H14N6/c1-13(2)3-4-14-8(11)6(5-9)7(10)12-14/h3-4,11H2,1-2H3,(H2,10,12). The molecule has 6 heteroatoms. The van der Waals surface area contributed by atoms with Gasteiger partial charge in [0.15, 0.2) is 5.82 Å². The number of nitrogen functional groups attached to an aromatic ring is 2. The summed E-state index contributed by atoms with van der Waals surface area (Å²) in [6, 6.07) is 1.92. The number of likely N-dealkylation sites (N-methyl/N-ethyl adjacent to an activating group) is 1. The summed E-state index contributed by atoms with van der Waals surface area (Å²) >= 11 is 0. The number of nitrogens with zero attached hydrogens (tertiary/aromatic N) is 4. The Bertz CT molecular complexity index is 359. The molecule has 4 N–H and O–H groups in total. The number of hydrogen-bond donors (Lipinski definition) is 2. The van der Waals surface area contributed by atoms with E-state index >= 15 is 0 Å². The molecule has 0 aliphatic heterocycles. The molecule has 0 aromatic carbocycles. The molecule has 0 fully saturated rings. The Hall–Kier alpha value is -1.74. The quantitative estimate of drug-likeness (QED) is 0.675. The molecule has 0 saturated heterocycles. The van der Waals surface area contributed by atoms with E-state index in [9.17, 15) is 0 Å².